The van der Waals surface area contributed by atoms with Crippen molar-refractivity contribution in [2.24, 2.45) is 5.73 Å². The summed E-state index contributed by atoms with van der Waals surface area (Å²) in [5, 5.41) is 29.3. The third kappa shape index (κ3) is 31.5. The molecule has 14 amide bonds. The van der Waals surface area contributed by atoms with Gasteiger partial charge in [0.2, 0.25) is 47.3 Å². The second-order valence-electron chi connectivity index (χ2n) is 33.9. The van der Waals surface area contributed by atoms with Crippen LogP contribution >= 0.6 is 0 Å². The Morgan fingerprint density at radius 2 is 0.748 bits per heavy atom. The largest absolute Gasteiger partial charge is 0.480 e. The minimum Gasteiger partial charge on any atom is -0.480 e. The van der Waals surface area contributed by atoms with Crippen LogP contribution in [0.4, 0.5) is 31.4 Å². The molecule has 0 aliphatic carbocycles. The van der Waals surface area contributed by atoms with Gasteiger partial charge in [-0.05, 0) is 181 Å². The maximum Gasteiger partial charge on any atom is 0.408 e. The lowest BCUT2D eigenvalue weighted by Gasteiger charge is -2.29. The number of alkyl carbamates (subject to hydrolysis) is 3. The predicted molar refractivity (Wildman–Crippen MR) is 465 cm³/mol. The van der Waals surface area contributed by atoms with Gasteiger partial charge in [0.1, 0.15) is 66.3 Å². The Bertz CT molecular complexity index is 4810. The summed E-state index contributed by atoms with van der Waals surface area (Å²) >= 11 is 0. The zero-order valence-electron chi connectivity index (χ0n) is 72.5. The zero-order chi connectivity index (χ0) is 92.2. The number of nitrogens with two attached hydrogens (primary N) is 2. The summed E-state index contributed by atoms with van der Waals surface area (Å²) in [4.78, 5) is 212. The molecule has 0 spiro atoms. The third-order valence-electron chi connectivity index (χ3n) is 20.5. The van der Waals surface area contributed by atoms with Crippen LogP contribution in [-0.2, 0) is 109 Å². The molecule has 6 heterocycles. The van der Waals surface area contributed by atoms with Crippen molar-refractivity contribution < 1.29 is 110 Å². The van der Waals surface area contributed by atoms with Crippen LogP contribution in [-0.4, -0.2) is 181 Å². The van der Waals surface area contributed by atoms with Gasteiger partial charge in [-0.3, -0.25) is 78.3 Å². The molecule has 6 aliphatic heterocycles. The van der Waals surface area contributed by atoms with Crippen molar-refractivity contribution in [3.63, 3.8) is 0 Å². The number of imide groups is 3. The van der Waals surface area contributed by atoms with E-state index in [1.54, 1.807) is 117 Å². The van der Waals surface area contributed by atoms with Gasteiger partial charge in [0, 0.05) is 102 Å². The van der Waals surface area contributed by atoms with Gasteiger partial charge in [0.15, 0.2) is 0 Å². The summed E-state index contributed by atoms with van der Waals surface area (Å²) in [7, 11) is 0. The number of esters is 2. The van der Waals surface area contributed by atoms with Crippen LogP contribution in [0.1, 0.15) is 251 Å². The molecule has 3 saturated heterocycles. The van der Waals surface area contributed by atoms with Crippen molar-refractivity contribution in [1.29, 1.82) is 0 Å². The lowest BCUT2D eigenvalue weighted by atomic mass is 10.0. The Labute approximate surface area is 737 Å². The van der Waals surface area contributed by atoms with Crippen LogP contribution in [0.5, 0.6) is 0 Å². The third-order valence-corrected chi connectivity index (χ3v) is 20.5. The van der Waals surface area contributed by atoms with Gasteiger partial charge in [-0.25, -0.2) is 19.2 Å². The quantitative estimate of drug-likeness (QED) is 0.00646. The monoisotopic (exact) mass is 1760 g/mol. The van der Waals surface area contributed by atoms with Crippen LogP contribution in [0.25, 0.3) is 0 Å². The van der Waals surface area contributed by atoms with E-state index in [2.05, 4.69) is 42.5 Å². The number of hydrogen-bond acceptors (Lipinski definition) is 24. The fourth-order valence-electron chi connectivity index (χ4n) is 14.3. The average molecular weight is 1760 g/mol. The summed E-state index contributed by atoms with van der Waals surface area (Å²) in [6.45, 7) is 16.9. The smallest absolute Gasteiger partial charge is 0.408 e. The van der Waals surface area contributed by atoms with Gasteiger partial charge < -0.3 is 81.5 Å². The summed E-state index contributed by atoms with van der Waals surface area (Å²) < 4.78 is 26.2. The number of carbonyl (C=O) groups is 17. The molecule has 0 aromatic heterocycles. The number of hydrogen-bond donors (Lipinski definition) is 11. The molecule has 36 heteroatoms. The number of carbonyl (C=O) groups excluding carboxylic acids is 16. The van der Waals surface area contributed by atoms with Crippen molar-refractivity contribution in [2.75, 3.05) is 22.9 Å². The molecule has 11 rings (SSSR count). The number of nitrogens with zero attached hydrogens (tertiary/aromatic N) is 3. The first-order chi connectivity index (χ1) is 59.6. The first-order valence-corrected chi connectivity index (χ1v) is 42.1. The number of anilines is 3. The summed E-state index contributed by atoms with van der Waals surface area (Å²) in [5.74, 6) is -5.99. The van der Waals surface area contributed by atoms with Gasteiger partial charge in [-0.15, -0.1) is 0 Å². The fourth-order valence-corrected chi connectivity index (χ4v) is 14.3. The van der Waals surface area contributed by atoms with Crippen molar-refractivity contribution in [3.8, 4) is 0 Å². The van der Waals surface area contributed by atoms with Gasteiger partial charge >= 0.3 is 36.2 Å². The minimum atomic E-state index is -1.11. The van der Waals surface area contributed by atoms with Gasteiger partial charge in [-0.1, -0.05) is 112 Å². The van der Waals surface area contributed by atoms with Gasteiger partial charge in [0.05, 0.1) is 0 Å². The number of unbranched alkanes of at least 4 members (excludes halogenated alkanes) is 5. The van der Waals surface area contributed by atoms with E-state index in [1.807, 2.05) is 60.7 Å². The number of carboxylic acid groups (broad SMARTS) is 1. The molecule has 3 unspecified atom stereocenters. The van der Waals surface area contributed by atoms with E-state index in [9.17, 15) is 86.6 Å². The topological polar surface area (TPSA) is 515 Å². The second kappa shape index (κ2) is 47.3. The van der Waals surface area contributed by atoms with Crippen LogP contribution in [0.3, 0.4) is 0 Å². The van der Waals surface area contributed by atoms with Crippen molar-refractivity contribution in [3.05, 3.63) is 160 Å². The normalized spacial score (nSPS) is 17.0. The lowest BCUT2D eigenvalue weighted by molar-refractivity contribution is -0.146. The van der Waals surface area contributed by atoms with E-state index < -0.39 is 107 Å². The standard InChI is InChI=1S/C33H40N4O8.C24H33N5O6.C20H29NO6.C13H13N3O3.CH4/c1-33(2,3)45-32(43)35-25(14-8-5-9-16-28(39)44-20-21-11-6-4-7-12-21)29(40)34-24-15-10-13-22-23(24)19-37(31(22)42)26-17-18-27(38)36-30(26)41;1-24(2,3)35-23(34)27-17(8-4-5-12-25)20(31)26-16-9-6-7-14-15(16)13-29(22(14)33)18-10-11-19(30)28-21(18)32;1-20(2,3)27-19(25)21-16(18(23)24)12-8-5-9-13-17(22)26-14-15-10-6-4-7-11-15;14-9-3-1-2-7-8(9)6-16(13(7)19)10-4-5-11(17)15-12(10)18;/h4,6-7,10-13,15,25-26H,5,8-9,14,16-20H2,1-3H3,(H,34,40)(H,35,43)(H,36,38,41);6-7,9,17-18H,4-5,8,10-13,25H2,1-3H3,(H,26,31)(H,27,34)(H,28,30,32);4,6-7,10-11,16H,5,8-9,12-14H2,1-3H3,(H,21,25)(H,23,24);1-3,10H,4-6,14H2,(H,15,17,18);1H4/t25-,26?;17-,18?;16-;;/m111../s1. The van der Waals surface area contributed by atoms with Crippen molar-refractivity contribution in [2.45, 2.75) is 278 Å². The SMILES string of the molecule is C.CC(C)(C)OC(=O)N[C@H](CCCCCC(=O)OCc1ccccc1)C(=O)Nc1cccc2c1CN(C1CCC(=O)NC1=O)C2=O.CC(C)(C)OC(=O)N[C@H](CCCCCC(=O)OCc1ccccc1)C(=O)O.CC(C)(C)OC(=O)N[C@H](CCCCN)C(=O)Nc1cccc2c1CN(C1CCC(=O)NC1=O)C2=O.Nc1cccc2c1CN(C1CCC(=O)NC1=O)C2=O. The van der Waals surface area contributed by atoms with Crippen LogP contribution in [0.15, 0.2) is 115 Å². The molecule has 3 fully saturated rings. The number of nitrogens with one attached hydrogen (secondary N) is 8. The van der Waals surface area contributed by atoms with Crippen LogP contribution < -0.4 is 54.0 Å². The van der Waals surface area contributed by atoms with Gasteiger partial charge in [-0.2, -0.15) is 0 Å². The fraction of sp³-hybridized carbons (Fsp3) is 0.484. The number of carboxylic acids is 1. The number of ether oxygens (including phenoxy) is 5. The molecule has 36 nitrogen and oxygen atoms in total. The van der Waals surface area contributed by atoms with E-state index in [0.29, 0.717) is 122 Å². The summed E-state index contributed by atoms with van der Waals surface area (Å²) in [6.07, 6.45) is 5.46. The Kier molecular flexibility index (Phi) is 37.6. The summed E-state index contributed by atoms with van der Waals surface area (Å²) in [5.41, 5.74) is 15.6. The minimum absolute atomic E-state index is 0. The molecule has 127 heavy (non-hydrogen) atoms. The number of nitrogen functional groups attached to an aromatic ring is 1. The number of benzene rings is 5. The maximum absolute atomic E-state index is 13.5. The van der Waals surface area contributed by atoms with E-state index in [4.69, 9.17) is 35.2 Å². The molecule has 0 bridgehead atoms. The van der Waals surface area contributed by atoms with E-state index >= 15 is 0 Å². The van der Waals surface area contributed by atoms with Crippen molar-refractivity contribution in [1.82, 2.24) is 46.6 Å². The molecular weight excluding hydrogens is 1640 g/mol. The van der Waals surface area contributed by atoms with E-state index in [1.165, 1.54) is 14.7 Å². The Morgan fingerprint density at radius 3 is 1.08 bits per heavy atom. The molecule has 13 N–H and O–H groups in total. The molecule has 6 atom stereocenters. The number of rotatable bonds is 31. The van der Waals surface area contributed by atoms with Crippen molar-refractivity contribution >= 4 is 118 Å². The molecule has 686 valence electrons. The molecule has 0 radical (unpaired) electrons. The lowest BCUT2D eigenvalue weighted by Crippen LogP contribution is -2.52. The first kappa shape index (κ1) is 101. The highest BCUT2D eigenvalue weighted by Crippen LogP contribution is 2.36. The van der Waals surface area contributed by atoms with E-state index in [0.717, 1.165) is 16.7 Å². The van der Waals surface area contributed by atoms with Crippen LogP contribution in [0.2, 0.25) is 0 Å². The molecule has 5 aromatic rings. The molecule has 6 aliphatic rings. The van der Waals surface area contributed by atoms with Crippen LogP contribution in [0, 0.1) is 0 Å². The molecular formula is C91H119N13O23. The number of fused-ring (bicyclic) bond motifs is 3. The maximum atomic E-state index is 13.5. The first-order valence-electron chi connectivity index (χ1n) is 42.1. The Balaban J connectivity index is 0.000000241. The highest BCUT2D eigenvalue weighted by atomic mass is 16.6. The molecule has 0 saturated carbocycles. The zero-order valence-corrected chi connectivity index (χ0v) is 72.5. The highest BCUT2D eigenvalue weighted by Gasteiger charge is 2.44. The Hall–Kier alpha value is -13.2. The summed E-state index contributed by atoms with van der Waals surface area (Å²) in [6, 6.07) is 28.9. The predicted octanol–water partition coefficient (Wildman–Crippen LogP) is 9.71. The highest BCUT2D eigenvalue weighted by molar-refractivity contribution is 6.10. The number of amides is 14. The van der Waals surface area contributed by atoms with Gasteiger partial charge in [0.25, 0.3) is 17.7 Å². The van der Waals surface area contributed by atoms with E-state index in [-0.39, 0.29) is 139 Å². The number of aliphatic carboxylic acids is 1. The number of piperidine rings is 3. The Morgan fingerprint density at radius 1 is 0.425 bits per heavy atom. The average Bonchev–Trinajstić information content (AvgIpc) is 1.62. The second-order valence-corrected chi connectivity index (χ2v) is 33.9. The molecule has 5 aromatic carbocycles.